The standard InChI is InChI=1S/C14H20N2S/c1-2-16(12-5-3-4-6-12)13-9-7-11(8-10-13)14(15)17/h7-10,12H,2-6H2,1H3,(H2,15,17). The predicted octanol–water partition coefficient (Wildman–Crippen LogP) is 3.09. The van der Waals surface area contributed by atoms with Crippen molar-refractivity contribution in [3.05, 3.63) is 29.8 Å². The van der Waals surface area contributed by atoms with Crippen LogP contribution in [0.1, 0.15) is 38.2 Å². The Morgan fingerprint density at radius 1 is 1.29 bits per heavy atom. The van der Waals surface area contributed by atoms with E-state index in [9.17, 15) is 0 Å². The van der Waals surface area contributed by atoms with E-state index in [4.69, 9.17) is 18.0 Å². The van der Waals surface area contributed by atoms with Gasteiger partial charge in [-0.25, -0.2) is 0 Å². The third-order valence-corrected chi connectivity index (χ3v) is 3.83. The SMILES string of the molecule is CCN(c1ccc(C(N)=S)cc1)C1CCCC1. The number of nitrogens with zero attached hydrogens (tertiary/aromatic N) is 1. The Morgan fingerprint density at radius 3 is 2.35 bits per heavy atom. The van der Waals surface area contributed by atoms with Gasteiger partial charge in [-0.15, -0.1) is 0 Å². The van der Waals surface area contributed by atoms with Gasteiger partial charge in [-0.3, -0.25) is 0 Å². The molecule has 1 aliphatic rings. The molecule has 92 valence electrons. The highest BCUT2D eigenvalue weighted by atomic mass is 32.1. The van der Waals surface area contributed by atoms with Crippen molar-refractivity contribution in [1.82, 2.24) is 0 Å². The maximum absolute atomic E-state index is 5.61. The molecule has 2 N–H and O–H groups in total. The van der Waals surface area contributed by atoms with Gasteiger partial charge in [-0.2, -0.15) is 0 Å². The molecule has 0 unspecified atom stereocenters. The lowest BCUT2D eigenvalue weighted by atomic mass is 10.1. The summed E-state index contributed by atoms with van der Waals surface area (Å²) in [7, 11) is 0. The summed E-state index contributed by atoms with van der Waals surface area (Å²) in [5, 5.41) is 0. The van der Waals surface area contributed by atoms with Crippen molar-refractivity contribution in [2.45, 2.75) is 38.6 Å². The Hall–Kier alpha value is -1.09. The molecule has 0 spiro atoms. The Kier molecular flexibility index (Phi) is 4.00. The Labute approximate surface area is 109 Å². The highest BCUT2D eigenvalue weighted by Crippen LogP contribution is 2.28. The monoisotopic (exact) mass is 248 g/mol. The van der Waals surface area contributed by atoms with Gasteiger partial charge in [-0.1, -0.05) is 25.1 Å². The first kappa shape index (κ1) is 12.4. The van der Waals surface area contributed by atoms with Crippen LogP contribution in [-0.2, 0) is 0 Å². The minimum Gasteiger partial charge on any atom is -0.389 e. The van der Waals surface area contributed by atoms with Crippen LogP contribution in [0, 0.1) is 0 Å². The van der Waals surface area contributed by atoms with E-state index in [1.807, 2.05) is 12.1 Å². The van der Waals surface area contributed by atoms with Crippen LogP contribution in [0.4, 0.5) is 5.69 Å². The molecule has 1 fully saturated rings. The van der Waals surface area contributed by atoms with E-state index < -0.39 is 0 Å². The number of thiocarbonyl (C=S) groups is 1. The first-order chi connectivity index (χ1) is 8.22. The molecule has 2 rings (SSSR count). The lowest BCUT2D eigenvalue weighted by molar-refractivity contribution is 0.620. The molecule has 0 amide bonds. The van der Waals surface area contributed by atoms with E-state index in [-0.39, 0.29) is 0 Å². The first-order valence-corrected chi connectivity index (χ1v) is 6.79. The number of benzene rings is 1. The molecule has 0 radical (unpaired) electrons. The second kappa shape index (κ2) is 5.50. The summed E-state index contributed by atoms with van der Waals surface area (Å²) < 4.78 is 0. The normalized spacial score (nSPS) is 16.1. The molecule has 0 bridgehead atoms. The molecule has 17 heavy (non-hydrogen) atoms. The predicted molar refractivity (Wildman–Crippen MR) is 77.6 cm³/mol. The maximum atomic E-state index is 5.61. The summed E-state index contributed by atoms with van der Waals surface area (Å²) in [5.74, 6) is 0. The van der Waals surface area contributed by atoms with Crippen LogP contribution in [0.3, 0.4) is 0 Å². The highest BCUT2D eigenvalue weighted by molar-refractivity contribution is 7.80. The molecule has 0 heterocycles. The number of hydrogen-bond acceptors (Lipinski definition) is 2. The van der Waals surface area contributed by atoms with Crippen LogP contribution in [0.2, 0.25) is 0 Å². The molecule has 0 aromatic heterocycles. The Morgan fingerprint density at radius 2 is 1.88 bits per heavy atom. The molecule has 1 aliphatic carbocycles. The van der Waals surface area contributed by atoms with Gasteiger partial charge in [0.05, 0.1) is 0 Å². The van der Waals surface area contributed by atoms with Gasteiger partial charge in [0.2, 0.25) is 0 Å². The largest absolute Gasteiger partial charge is 0.389 e. The van der Waals surface area contributed by atoms with Crippen LogP contribution in [0.5, 0.6) is 0 Å². The topological polar surface area (TPSA) is 29.3 Å². The van der Waals surface area contributed by atoms with Crippen molar-refractivity contribution in [2.24, 2.45) is 5.73 Å². The fourth-order valence-electron chi connectivity index (χ4n) is 2.68. The minimum atomic E-state index is 0.473. The van der Waals surface area contributed by atoms with E-state index >= 15 is 0 Å². The lowest BCUT2D eigenvalue weighted by Gasteiger charge is -2.30. The van der Waals surface area contributed by atoms with Gasteiger partial charge < -0.3 is 10.6 Å². The van der Waals surface area contributed by atoms with Crippen molar-refractivity contribution in [3.8, 4) is 0 Å². The number of nitrogens with two attached hydrogens (primary N) is 1. The average molecular weight is 248 g/mol. The van der Waals surface area contributed by atoms with Crippen molar-refractivity contribution in [3.63, 3.8) is 0 Å². The number of rotatable bonds is 4. The molecular formula is C14H20N2S. The van der Waals surface area contributed by atoms with Crippen LogP contribution >= 0.6 is 12.2 Å². The maximum Gasteiger partial charge on any atom is 0.103 e. The second-order valence-electron chi connectivity index (χ2n) is 4.64. The zero-order chi connectivity index (χ0) is 12.3. The summed E-state index contributed by atoms with van der Waals surface area (Å²) in [6.07, 6.45) is 5.38. The second-order valence-corrected chi connectivity index (χ2v) is 5.08. The van der Waals surface area contributed by atoms with E-state index in [1.165, 1.54) is 31.4 Å². The van der Waals surface area contributed by atoms with Crippen LogP contribution < -0.4 is 10.6 Å². The van der Waals surface area contributed by atoms with E-state index in [0.29, 0.717) is 4.99 Å². The fraction of sp³-hybridized carbons (Fsp3) is 0.500. The molecule has 3 heteroatoms. The molecular weight excluding hydrogens is 228 g/mol. The Bertz CT molecular complexity index is 380. The zero-order valence-electron chi connectivity index (χ0n) is 10.4. The fourth-order valence-corrected chi connectivity index (χ4v) is 2.82. The summed E-state index contributed by atoms with van der Waals surface area (Å²) in [5.41, 5.74) is 7.85. The van der Waals surface area contributed by atoms with Gasteiger partial charge in [0.15, 0.2) is 0 Å². The van der Waals surface area contributed by atoms with Crippen LogP contribution in [-0.4, -0.2) is 17.6 Å². The third-order valence-electron chi connectivity index (χ3n) is 3.59. The van der Waals surface area contributed by atoms with Gasteiger partial charge in [0.25, 0.3) is 0 Å². The smallest absolute Gasteiger partial charge is 0.103 e. The quantitative estimate of drug-likeness (QED) is 0.830. The summed E-state index contributed by atoms with van der Waals surface area (Å²) in [6.45, 7) is 3.29. The van der Waals surface area contributed by atoms with Crippen LogP contribution in [0.25, 0.3) is 0 Å². The van der Waals surface area contributed by atoms with Crippen molar-refractivity contribution in [1.29, 1.82) is 0 Å². The molecule has 2 nitrogen and oxygen atoms in total. The molecule has 0 saturated heterocycles. The number of anilines is 1. The Balaban J connectivity index is 2.16. The van der Waals surface area contributed by atoms with Gasteiger partial charge in [-0.05, 0) is 44.0 Å². The van der Waals surface area contributed by atoms with Crippen molar-refractivity contribution >= 4 is 22.9 Å². The zero-order valence-corrected chi connectivity index (χ0v) is 11.2. The summed E-state index contributed by atoms with van der Waals surface area (Å²) >= 11 is 4.97. The molecule has 1 aromatic rings. The lowest BCUT2D eigenvalue weighted by Crippen LogP contribution is -2.32. The highest BCUT2D eigenvalue weighted by Gasteiger charge is 2.21. The molecule has 0 aliphatic heterocycles. The summed E-state index contributed by atoms with van der Waals surface area (Å²) in [6, 6.07) is 9.03. The van der Waals surface area contributed by atoms with E-state index in [0.717, 1.165) is 18.2 Å². The first-order valence-electron chi connectivity index (χ1n) is 6.39. The van der Waals surface area contributed by atoms with Crippen molar-refractivity contribution in [2.75, 3.05) is 11.4 Å². The molecule has 1 saturated carbocycles. The van der Waals surface area contributed by atoms with E-state index in [1.54, 1.807) is 0 Å². The van der Waals surface area contributed by atoms with Gasteiger partial charge in [0.1, 0.15) is 4.99 Å². The minimum absolute atomic E-state index is 0.473. The van der Waals surface area contributed by atoms with Crippen LogP contribution in [0.15, 0.2) is 24.3 Å². The molecule has 1 aromatic carbocycles. The van der Waals surface area contributed by atoms with Gasteiger partial charge in [0, 0.05) is 23.8 Å². The average Bonchev–Trinajstić information content (AvgIpc) is 2.84. The van der Waals surface area contributed by atoms with E-state index in [2.05, 4.69) is 24.0 Å². The van der Waals surface area contributed by atoms with Gasteiger partial charge >= 0.3 is 0 Å². The third kappa shape index (κ3) is 2.78. The summed E-state index contributed by atoms with van der Waals surface area (Å²) in [4.78, 5) is 2.97. The number of hydrogen-bond donors (Lipinski definition) is 1. The van der Waals surface area contributed by atoms with Crippen molar-refractivity contribution < 1.29 is 0 Å². The molecule has 0 atom stereocenters.